The van der Waals surface area contributed by atoms with Crippen molar-refractivity contribution in [2.24, 2.45) is 0 Å². The highest BCUT2D eigenvalue weighted by atomic mass is 35.5. The van der Waals surface area contributed by atoms with E-state index in [2.05, 4.69) is 10.3 Å². The highest BCUT2D eigenvalue weighted by Gasteiger charge is 2.27. The smallest absolute Gasteiger partial charge is 0.278 e. The molecule has 0 unspecified atom stereocenters. The lowest BCUT2D eigenvalue weighted by Crippen LogP contribution is -2.24. The van der Waals surface area contributed by atoms with Crippen molar-refractivity contribution in [3.05, 3.63) is 82.2 Å². The molecule has 0 aliphatic heterocycles. The van der Waals surface area contributed by atoms with Crippen LogP contribution in [0.4, 0.5) is 10.1 Å². The van der Waals surface area contributed by atoms with Gasteiger partial charge < -0.3 is 9.88 Å². The molecule has 0 spiro atoms. The van der Waals surface area contributed by atoms with Gasteiger partial charge >= 0.3 is 0 Å². The summed E-state index contributed by atoms with van der Waals surface area (Å²) < 4.78 is 17.3. The number of fused-ring (bicyclic) bond motifs is 1. The van der Waals surface area contributed by atoms with Crippen LogP contribution in [-0.4, -0.2) is 20.0 Å². The number of hydrogen-bond donors (Lipinski definition) is 1. The Bertz CT molecular complexity index is 1360. The summed E-state index contributed by atoms with van der Waals surface area (Å²) in [7, 11) is 0. The fraction of sp³-hybridized carbons (Fsp3) is 0.174. The van der Waals surface area contributed by atoms with Gasteiger partial charge in [-0.05, 0) is 36.6 Å². The van der Waals surface area contributed by atoms with Gasteiger partial charge in [-0.1, -0.05) is 41.9 Å². The van der Waals surface area contributed by atoms with Crippen molar-refractivity contribution in [3.63, 3.8) is 0 Å². The Hall–Kier alpha value is -3.45. The second-order valence-corrected chi connectivity index (χ2v) is 8.03. The maximum Gasteiger partial charge on any atom is 0.278 e. The number of benzene rings is 2. The molecule has 1 amide bonds. The summed E-state index contributed by atoms with van der Waals surface area (Å²) in [4.78, 5) is 30.4. The predicted molar refractivity (Wildman–Crippen MR) is 118 cm³/mol. The van der Waals surface area contributed by atoms with Crippen molar-refractivity contribution in [2.45, 2.75) is 25.4 Å². The highest BCUT2D eigenvalue weighted by Crippen LogP contribution is 2.34. The number of carbonyl (C=O) groups is 1. The van der Waals surface area contributed by atoms with E-state index in [0.29, 0.717) is 11.0 Å². The maximum absolute atomic E-state index is 14.1. The normalized spacial score (nSPS) is 13.5. The average molecular weight is 437 g/mol. The van der Waals surface area contributed by atoms with Crippen LogP contribution in [0.2, 0.25) is 5.02 Å². The van der Waals surface area contributed by atoms with Crippen LogP contribution in [-0.2, 0) is 11.3 Å². The molecule has 1 fully saturated rings. The van der Waals surface area contributed by atoms with Gasteiger partial charge in [0.1, 0.15) is 23.4 Å². The Morgan fingerprint density at radius 3 is 2.68 bits per heavy atom. The molecule has 0 radical (unpaired) electrons. The first-order valence-corrected chi connectivity index (χ1v) is 10.3. The first kappa shape index (κ1) is 19.5. The average Bonchev–Trinajstić information content (AvgIpc) is 3.53. The molecule has 5 rings (SSSR count). The lowest BCUT2D eigenvalue weighted by molar-refractivity contribution is -0.116. The third kappa shape index (κ3) is 3.72. The molecule has 1 saturated carbocycles. The Kier molecular flexibility index (Phi) is 4.82. The summed E-state index contributed by atoms with van der Waals surface area (Å²) in [5.41, 5.74) is 2.41. The summed E-state index contributed by atoms with van der Waals surface area (Å²) in [5, 5.41) is 2.79. The van der Waals surface area contributed by atoms with E-state index in [1.54, 1.807) is 21.7 Å². The van der Waals surface area contributed by atoms with Crippen molar-refractivity contribution in [1.29, 1.82) is 0 Å². The van der Waals surface area contributed by atoms with Crippen molar-refractivity contribution in [1.82, 2.24) is 14.1 Å². The molecule has 1 aliphatic carbocycles. The van der Waals surface area contributed by atoms with E-state index < -0.39 is 11.7 Å². The van der Waals surface area contributed by atoms with E-state index in [9.17, 15) is 14.0 Å². The molecule has 1 aliphatic rings. The monoisotopic (exact) mass is 436 g/mol. The van der Waals surface area contributed by atoms with Crippen LogP contribution in [0.3, 0.4) is 0 Å². The van der Waals surface area contributed by atoms with Gasteiger partial charge in [0.2, 0.25) is 5.91 Å². The molecule has 1 N–H and O–H groups in total. The van der Waals surface area contributed by atoms with Crippen LogP contribution in [0.15, 0.2) is 65.8 Å². The summed E-state index contributed by atoms with van der Waals surface area (Å²) in [6.07, 6.45) is 5.22. The lowest BCUT2D eigenvalue weighted by atomic mass is 10.1. The van der Waals surface area contributed by atoms with Crippen LogP contribution >= 0.6 is 11.6 Å². The zero-order chi connectivity index (χ0) is 21.5. The molecular weight excluding hydrogens is 419 g/mol. The molecule has 2 aromatic heterocycles. The van der Waals surface area contributed by atoms with Gasteiger partial charge in [0.05, 0.1) is 12.0 Å². The van der Waals surface area contributed by atoms with Crippen LogP contribution < -0.4 is 10.9 Å². The molecule has 2 aromatic carbocycles. The van der Waals surface area contributed by atoms with E-state index in [1.807, 2.05) is 30.3 Å². The Labute approximate surface area is 181 Å². The van der Waals surface area contributed by atoms with E-state index in [4.69, 9.17) is 11.6 Å². The van der Waals surface area contributed by atoms with Crippen molar-refractivity contribution < 1.29 is 9.18 Å². The standard InChI is InChI=1S/C23H18ClFN4O2/c24-15-6-9-19(18(25)10-15)27-20(30)12-28-11-17(14-4-2-1-3-5-14)21-22(28)23(31)29(13-26-21)16-7-8-16/h1-6,9-11,13,16H,7-8,12H2,(H,27,30). The van der Waals surface area contributed by atoms with Crippen LogP contribution in [0.1, 0.15) is 18.9 Å². The molecule has 8 heteroatoms. The molecule has 2 heterocycles. The topological polar surface area (TPSA) is 68.9 Å². The first-order valence-electron chi connectivity index (χ1n) is 9.91. The second-order valence-electron chi connectivity index (χ2n) is 7.59. The Morgan fingerprint density at radius 2 is 1.97 bits per heavy atom. The highest BCUT2D eigenvalue weighted by molar-refractivity contribution is 6.30. The van der Waals surface area contributed by atoms with E-state index >= 15 is 0 Å². The number of nitrogens with zero attached hydrogens (tertiary/aromatic N) is 3. The van der Waals surface area contributed by atoms with Crippen LogP contribution in [0.25, 0.3) is 22.2 Å². The van der Waals surface area contributed by atoms with Crippen molar-refractivity contribution >= 4 is 34.2 Å². The summed E-state index contributed by atoms with van der Waals surface area (Å²) in [5.74, 6) is -1.08. The van der Waals surface area contributed by atoms with Gasteiger partial charge in [-0.25, -0.2) is 9.37 Å². The number of nitrogens with one attached hydrogen (secondary N) is 1. The minimum atomic E-state index is -0.624. The van der Waals surface area contributed by atoms with Crippen molar-refractivity contribution in [3.8, 4) is 11.1 Å². The number of halogens is 2. The van der Waals surface area contributed by atoms with Crippen LogP contribution in [0.5, 0.6) is 0 Å². The summed E-state index contributed by atoms with van der Waals surface area (Å²) >= 11 is 5.77. The molecule has 4 aromatic rings. The number of hydrogen-bond acceptors (Lipinski definition) is 3. The Balaban J connectivity index is 1.56. The predicted octanol–water partition coefficient (Wildman–Crippen LogP) is 4.63. The largest absolute Gasteiger partial charge is 0.332 e. The molecule has 0 bridgehead atoms. The van der Waals surface area contributed by atoms with Gasteiger partial charge in [0.15, 0.2) is 0 Å². The first-order chi connectivity index (χ1) is 15.0. The SMILES string of the molecule is O=C(Cn1cc(-c2ccccc2)c2ncn(C3CC3)c(=O)c21)Nc1ccc(Cl)cc1F. The minimum Gasteiger partial charge on any atom is -0.332 e. The fourth-order valence-electron chi connectivity index (χ4n) is 3.70. The number of anilines is 1. The minimum absolute atomic E-state index is 0.0302. The number of amides is 1. The zero-order valence-electron chi connectivity index (χ0n) is 16.4. The van der Waals surface area contributed by atoms with Gasteiger partial charge in [-0.3, -0.25) is 14.2 Å². The summed E-state index contributed by atoms with van der Waals surface area (Å²) in [6.45, 7) is -0.156. The van der Waals surface area contributed by atoms with E-state index in [1.165, 1.54) is 12.1 Å². The van der Waals surface area contributed by atoms with E-state index in [0.717, 1.165) is 30.0 Å². The van der Waals surface area contributed by atoms with Crippen molar-refractivity contribution in [2.75, 3.05) is 5.32 Å². The zero-order valence-corrected chi connectivity index (χ0v) is 17.1. The summed E-state index contributed by atoms with van der Waals surface area (Å²) in [6, 6.07) is 13.8. The second kappa shape index (κ2) is 7.67. The lowest BCUT2D eigenvalue weighted by Gasteiger charge is -2.09. The van der Waals surface area contributed by atoms with Gasteiger partial charge in [0.25, 0.3) is 5.56 Å². The maximum atomic E-state index is 14.1. The molecular formula is C23H18ClFN4O2. The molecule has 0 saturated heterocycles. The van der Waals surface area contributed by atoms with Crippen LogP contribution in [0, 0.1) is 5.82 Å². The van der Waals surface area contributed by atoms with Gasteiger partial charge in [0, 0.05) is 22.8 Å². The molecule has 0 atom stereocenters. The van der Waals surface area contributed by atoms with E-state index in [-0.39, 0.29) is 28.9 Å². The molecule has 6 nitrogen and oxygen atoms in total. The number of aromatic nitrogens is 3. The van der Waals surface area contributed by atoms with Gasteiger partial charge in [-0.2, -0.15) is 0 Å². The molecule has 31 heavy (non-hydrogen) atoms. The number of rotatable bonds is 5. The third-order valence-electron chi connectivity index (χ3n) is 5.34. The fourth-order valence-corrected chi connectivity index (χ4v) is 3.86. The quantitative estimate of drug-likeness (QED) is 0.496. The third-order valence-corrected chi connectivity index (χ3v) is 5.58. The van der Waals surface area contributed by atoms with Gasteiger partial charge in [-0.15, -0.1) is 0 Å². The molecule has 156 valence electrons. The Morgan fingerprint density at radius 1 is 1.19 bits per heavy atom. The number of carbonyl (C=O) groups excluding carboxylic acids is 1.